The van der Waals surface area contributed by atoms with Gasteiger partial charge in [-0.3, -0.25) is 4.79 Å². The van der Waals surface area contributed by atoms with Crippen molar-refractivity contribution in [2.24, 2.45) is 5.41 Å². The van der Waals surface area contributed by atoms with E-state index in [0.717, 1.165) is 19.3 Å². The number of rotatable bonds is 5. The zero-order valence-corrected chi connectivity index (χ0v) is 12.9. The number of urea groups is 1. The number of carbonyl (C=O) groups is 2. The van der Waals surface area contributed by atoms with Crippen LogP contribution in [0.25, 0.3) is 0 Å². The molecule has 0 aromatic rings. The van der Waals surface area contributed by atoms with Crippen molar-refractivity contribution in [3.05, 3.63) is 0 Å². The molecule has 6 nitrogen and oxygen atoms in total. The molecule has 2 atom stereocenters. The molecule has 0 radical (unpaired) electrons. The molecule has 0 saturated heterocycles. The van der Waals surface area contributed by atoms with Crippen LogP contribution in [0.4, 0.5) is 4.79 Å². The van der Waals surface area contributed by atoms with Crippen molar-refractivity contribution in [1.29, 1.82) is 0 Å². The Balaban J connectivity index is 2.64. The summed E-state index contributed by atoms with van der Waals surface area (Å²) >= 11 is 0. The fraction of sp³-hybridized carbons (Fsp3) is 0.857. The van der Waals surface area contributed by atoms with Crippen molar-refractivity contribution in [3.8, 4) is 0 Å². The van der Waals surface area contributed by atoms with Gasteiger partial charge in [-0.1, -0.05) is 0 Å². The molecule has 0 aromatic heterocycles. The standard InChI is InChI=1S/C14H26N2O4/c1-13(2,11(17)18)14(3,4)16-12(19)15-9-7-6-8-10(9)20-5/h9-10H,6-8H2,1-5H3,(H,17,18)(H2,15,16,19). The lowest BCUT2D eigenvalue weighted by Gasteiger charge is -2.39. The summed E-state index contributed by atoms with van der Waals surface area (Å²) < 4.78 is 5.32. The third-order valence-electron chi connectivity index (χ3n) is 4.59. The lowest BCUT2D eigenvalue weighted by molar-refractivity contribution is -0.150. The Morgan fingerprint density at radius 3 is 2.30 bits per heavy atom. The minimum Gasteiger partial charge on any atom is -0.481 e. The van der Waals surface area contributed by atoms with Crippen LogP contribution in [0.3, 0.4) is 0 Å². The predicted octanol–water partition coefficient (Wildman–Crippen LogP) is 1.74. The summed E-state index contributed by atoms with van der Waals surface area (Å²) in [5, 5.41) is 14.9. The van der Waals surface area contributed by atoms with Gasteiger partial charge in [0.25, 0.3) is 0 Å². The molecule has 0 bridgehead atoms. The van der Waals surface area contributed by atoms with Crippen LogP contribution in [-0.4, -0.2) is 41.9 Å². The molecule has 20 heavy (non-hydrogen) atoms. The minimum absolute atomic E-state index is 0.0104. The third-order valence-corrected chi connectivity index (χ3v) is 4.59. The maximum atomic E-state index is 12.1. The summed E-state index contributed by atoms with van der Waals surface area (Å²) in [7, 11) is 1.64. The zero-order chi connectivity index (χ0) is 15.6. The van der Waals surface area contributed by atoms with Crippen molar-refractivity contribution in [2.45, 2.75) is 64.6 Å². The van der Waals surface area contributed by atoms with Gasteiger partial charge in [-0.25, -0.2) is 4.79 Å². The summed E-state index contributed by atoms with van der Waals surface area (Å²) in [6, 6.07) is -0.359. The van der Waals surface area contributed by atoms with Crippen molar-refractivity contribution in [1.82, 2.24) is 10.6 Å². The normalized spacial score (nSPS) is 23.4. The summed E-state index contributed by atoms with van der Waals surface area (Å²) in [5.74, 6) is -0.946. The van der Waals surface area contributed by atoms with E-state index < -0.39 is 16.9 Å². The van der Waals surface area contributed by atoms with Crippen molar-refractivity contribution >= 4 is 12.0 Å². The Hall–Kier alpha value is -1.30. The fourth-order valence-corrected chi connectivity index (χ4v) is 2.29. The number of methoxy groups -OCH3 is 1. The van der Waals surface area contributed by atoms with Crippen LogP contribution in [0.5, 0.6) is 0 Å². The molecule has 1 fully saturated rings. The first-order valence-electron chi connectivity index (χ1n) is 6.96. The van der Waals surface area contributed by atoms with Gasteiger partial charge in [-0.15, -0.1) is 0 Å². The van der Waals surface area contributed by atoms with E-state index in [0.29, 0.717) is 0 Å². The first-order chi connectivity index (χ1) is 9.11. The second-order valence-electron chi connectivity index (χ2n) is 6.47. The summed E-state index contributed by atoms with van der Waals surface area (Å²) in [6.07, 6.45) is 2.88. The Kier molecular flexibility index (Phi) is 5.02. The molecule has 6 heteroatoms. The Morgan fingerprint density at radius 2 is 1.80 bits per heavy atom. The van der Waals surface area contributed by atoms with Gasteiger partial charge in [0.05, 0.1) is 23.1 Å². The molecule has 3 N–H and O–H groups in total. The van der Waals surface area contributed by atoms with Gasteiger partial charge in [0.15, 0.2) is 0 Å². The highest BCUT2D eigenvalue weighted by molar-refractivity contribution is 5.79. The number of nitrogens with one attached hydrogen (secondary N) is 2. The average molecular weight is 286 g/mol. The van der Waals surface area contributed by atoms with Gasteiger partial charge in [0, 0.05) is 7.11 Å². The van der Waals surface area contributed by atoms with Crippen LogP contribution in [0.1, 0.15) is 47.0 Å². The van der Waals surface area contributed by atoms with E-state index in [-0.39, 0.29) is 18.2 Å². The zero-order valence-electron chi connectivity index (χ0n) is 12.9. The second-order valence-corrected chi connectivity index (χ2v) is 6.47. The van der Waals surface area contributed by atoms with E-state index in [1.165, 1.54) is 0 Å². The number of hydrogen-bond acceptors (Lipinski definition) is 3. The maximum absolute atomic E-state index is 12.1. The van der Waals surface area contributed by atoms with E-state index in [9.17, 15) is 14.7 Å². The number of hydrogen-bond donors (Lipinski definition) is 3. The lowest BCUT2D eigenvalue weighted by Crippen LogP contribution is -2.60. The molecule has 0 aromatic carbocycles. The van der Waals surface area contributed by atoms with E-state index in [1.54, 1.807) is 34.8 Å². The highest BCUT2D eigenvalue weighted by atomic mass is 16.5. The van der Waals surface area contributed by atoms with Gasteiger partial charge < -0.3 is 20.5 Å². The minimum atomic E-state index is -1.07. The van der Waals surface area contributed by atoms with Crippen molar-refractivity contribution in [2.75, 3.05) is 7.11 Å². The van der Waals surface area contributed by atoms with Crippen molar-refractivity contribution in [3.63, 3.8) is 0 Å². The quantitative estimate of drug-likeness (QED) is 0.718. The topological polar surface area (TPSA) is 87.7 Å². The first-order valence-corrected chi connectivity index (χ1v) is 6.96. The first kappa shape index (κ1) is 16.8. The smallest absolute Gasteiger partial charge is 0.315 e. The molecule has 1 aliphatic carbocycles. The summed E-state index contributed by atoms with van der Waals surface area (Å²) in [6.45, 7) is 6.62. The SMILES string of the molecule is COC1CCCC1NC(=O)NC(C)(C)C(C)(C)C(=O)O. The van der Waals surface area contributed by atoms with Crippen LogP contribution in [0, 0.1) is 5.41 Å². The molecule has 1 saturated carbocycles. The molecule has 0 spiro atoms. The molecule has 116 valence electrons. The lowest BCUT2D eigenvalue weighted by atomic mass is 9.74. The van der Waals surface area contributed by atoms with Crippen LogP contribution < -0.4 is 10.6 Å². The number of carbonyl (C=O) groups excluding carboxylic acids is 1. The van der Waals surface area contributed by atoms with Crippen molar-refractivity contribution < 1.29 is 19.4 Å². The Labute approximate surface area is 120 Å². The highest BCUT2D eigenvalue weighted by Crippen LogP contribution is 2.30. The van der Waals surface area contributed by atoms with E-state index >= 15 is 0 Å². The number of carboxylic acid groups (broad SMARTS) is 1. The monoisotopic (exact) mass is 286 g/mol. The summed E-state index contributed by atoms with van der Waals surface area (Å²) in [5.41, 5.74) is -1.94. The van der Waals surface area contributed by atoms with Gasteiger partial charge >= 0.3 is 12.0 Å². The summed E-state index contributed by atoms with van der Waals surface area (Å²) in [4.78, 5) is 23.4. The van der Waals surface area contributed by atoms with E-state index in [1.807, 2.05) is 0 Å². The predicted molar refractivity (Wildman–Crippen MR) is 75.6 cm³/mol. The highest BCUT2D eigenvalue weighted by Gasteiger charge is 2.44. The molecule has 1 aliphatic rings. The maximum Gasteiger partial charge on any atom is 0.315 e. The Morgan fingerprint density at radius 1 is 1.20 bits per heavy atom. The van der Waals surface area contributed by atoms with Crippen LogP contribution in [0.2, 0.25) is 0 Å². The van der Waals surface area contributed by atoms with E-state index in [2.05, 4.69) is 10.6 Å². The second kappa shape index (κ2) is 5.99. The van der Waals surface area contributed by atoms with E-state index in [4.69, 9.17) is 4.74 Å². The van der Waals surface area contributed by atoms with Gasteiger partial charge in [-0.05, 0) is 47.0 Å². The van der Waals surface area contributed by atoms with Gasteiger partial charge in [-0.2, -0.15) is 0 Å². The number of carboxylic acids is 1. The number of aliphatic carboxylic acids is 1. The molecule has 0 aliphatic heterocycles. The third kappa shape index (κ3) is 3.42. The number of amides is 2. The van der Waals surface area contributed by atoms with Gasteiger partial charge in [0.2, 0.25) is 0 Å². The Bertz CT molecular complexity index is 379. The van der Waals surface area contributed by atoms with Gasteiger partial charge in [0.1, 0.15) is 0 Å². The average Bonchev–Trinajstić information content (AvgIpc) is 2.74. The number of ether oxygens (including phenoxy) is 1. The van der Waals surface area contributed by atoms with Crippen LogP contribution in [-0.2, 0) is 9.53 Å². The van der Waals surface area contributed by atoms with Crippen LogP contribution >= 0.6 is 0 Å². The van der Waals surface area contributed by atoms with Crippen LogP contribution in [0.15, 0.2) is 0 Å². The molecule has 0 heterocycles. The molecular weight excluding hydrogens is 260 g/mol. The molecular formula is C14H26N2O4. The molecule has 1 rings (SSSR count). The largest absolute Gasteiger partial charge is 0.481 e. The molecule has 2 amide bonds. The fourth-order valence-electron chi connectivity index (χ4n) is 2.29. The molecule has 2 unspecified atom stereocenters.